The lowest BCUT2D eigenvalue weighted by atomic mass is 10.1. The highest BCUT2D eigenvalue weighted by Gasteiger charge is 2.39. The highest BCUT2D eigenvalue weighted by atomic mass is 35.5. The van der Waals surface area contributed by atoms with Crippen LogP contribution in [0.2, 0.25) is 0 Å². The summed E-state index contributed by atoms with van der Waals surface area (Å²) in [5.74, 6) is -0.302. The van der Waals surface area contributed by atoms with Crippen LogP contribution >= 0.6 is 35.0 Å². The van der Waals surface area contributed by atoms with Crippen LogP contribution in [-0.4, -0.2) is 29.2 Å². The fourth-order valence-electron chi connectivity index (χ4n) is 1.98. The molecule has 0 radical (unpaired) electrons. The molecule has 110 valence electrons. The summed E-state index contributed by atoms with van der Waals surface area (Å²) >= 11 is 11.5. The van der Waals surface area contributed by atoms with Gasteiger partial charge in [0.25, 0.3) is 0 Å². The molecule has 1 fully saturated rings. The number of nitrogens with zero attached hydrogens (tertiary/aromatic N) is 1. The van der Waals surface area contributed by atoms with E-state index in [2.05, 4.69) is 0 Å². The quantitative estimate of drug-likeness (QED) is 0.608. The van der Waals surface area contributed by atoms with Crippen LogP contribution in [0.4, 0.5) is 18.9 Å². The molecule has 2 nitrogen and oxygen atoms in total. The van der Waals surface area contributed by atoms with Crippen molar-refractivity contribution >= 4 is 46.6 Å². The summed E-state index contributed by atoms with van der Waals surface area (Å²) in [5, 5.41) is -0.730. The number of hydrogen-bond donors (Lipinski definition) is 0. The normalized spacial score (nSPS) is 23.4. The third kappa shape index (κ3) is 3.54. The molecular weight excluding hydrogens is 334 g/mol. The van der Waals surface area contributed by atoms with Gasteiger partial charge >= 0.3 is 5.51 Å². The molecule has 8 heteroatoms. The maximum Gasteiger partial charge on any atom is 0.446 e. The number of hydrogen-bond acceptors (Lipinski definition) is 2. The van der Waals surface area contributed by atoms with E-state index in [1.54, 1.807) is 6.07 Å². The Balaban J connectivity index is 2.21. The van der Waals surface area contributed by atoms with E-state index in [9.17, 15) is 18.0 Å². The summed E-state index contributed by atoms with van der Waals surface area (Å²) in [4.78, 5) is 13.4. The number of carbonyl (C=O) groups excluding carboxylic acids is 1. The third-order valence-electron chi connectivity index (χ3n) is 2.89. The van der Waals surface area contributed by atoms with E-state index in [1.807, 2.05) is 0 Å². The maximum absolute atomic E-state index is 12.3. The van der Waals surface area contributed by atoms with Crippen LogP contribution in [0.5, 0.6) is 0 Å². The number of amides is 1. The van der Waals surface area contributed by atoms with Crippen LogP contribution in [0, 0.1) is 5.92 Å². The van der Waals surface area contributed by atoms with Gasteiger partial charge in [0.05, 0.1) is 0 Å². The fraction of sp³-hybridized carbons (Fsp3) is 0.417. The van der Waals surface area contributed by atoms with Crippen molar-refractivity contribution in [3.05, 3.63) is 24.3 Å². The highest BCUT2D eigenvalue weighted by Crippen LogP contribution is 2.39. The zero-order valence-corrected chi connectivity index (χ0v) is 12.4. The van der Waals surface area contributed by atoms with Crippen molar-refractivity contribution < 1.29 is 18.0 Å². The molecule has 1 amide bonds. The molecule has 0 spiro atoms. The summed E-state index contributed by atoms with van der Waals surface area (Å²) in [6.07, 6.45) is 0. The summed E-state index contributed by atoms with van der Waals surface area (Å²) in [6, 6.07) is 5.74. The molecule has 1 aliphatic rings. The second kappa shape index (κ2) is 6.03. The van der Waals surface area contributed by atoms with E-state index in [0.29, 0.717) is 12.2 Å². The minimum absolute atomic E-state index is 0.0308. The zero-order valence-electron chi connectivity index (χ0n) is 10.0. The second-order valence-electron chi connectivity index (χ2n) is 4.31. The van der Waals surface area contributed by atoms with Crippen molar-refractivity contribution in [2.24, 2.45) is 5.92 Å². The molecule has 0 saturated carbocycles. The average molecular weight is 344 g/mol. The van der Waals surface area contributed by atoms with Gasteiger partial charge < -0.3 is 4.90 Å². The van der Waals surface area contributed by atoms with E-state index >= 15 is 0 Å². The van der Waals surface area contributed by atoms with Gasteiger partial charge in [-0.3, -0.25) is 4.79 Å². The lowest BCUT2D eigenvalue weighted by Crippen LogP contribution is -2.27. The van der Waals surface area contributed by atoms with E-state index < -0.39 is 10.9 Å². The molecule has 0 aromatic heterocycles. The predicted molar refractivity (Wildman–Crippen MR) is 74.6 cm³/mol. The number of alkyl halides is 5. The Labute approximate surface area is 128 Å². The molecule has 0 N–H and O–H groups in total. The Hall–Kier alpha value is -0.590. The Bertz CT molecular complexity index is 512. The number of carbonyl (C=O) groups is 1. The van der Waals surface area contributed by atoms with E-state index in [0.717, 1.165) is 0 Å². The molecule has 2 atom stereocenters. The summed E-state index contributed by atoms with van der Waals surface area (Å²) in [7, 11) is 0. The van der Waals surface area contributed by atoms with Crippen molar-refractivity contribution in [3.63, 3.8) is 0 Å². The van der Waals surface area contributed by atoms with Gasteiger partial charge in [0, 0.05) is 28.9 Å². The van der Waals surface area contributed by atoms with Gasteiger partial charge in [-0.1, -0.05) is 6.07 Å². The van der Waals surface area contributed by atoms with Crippen molar-refractivity contribution in [2.75, 3.05) is 17.3 Å². The largest absolute Gasteiger partial charge is 0.446 e. The smallest absolute Gasteiger partial charge is 0.311 e. The van der Waals surface area contributed by atoms with E-state index in [-0.39, 0.29) is 34.4 Å². The Morgan fingerprint density at radius 2 is 2.10 bits per heavy atom. The van der Waals surface area contributed by atoms with Gasteiger partial charge in [0.15, 0.2) is 0 Å². The fourth-order valence-corrected chi connectivity index (χ4v) is 3.22. The molecule has 0 aliphatic carbocycles. The highest BCUT2D eigenvalue weighted by molar-refractivity contribution is 8.00. The molecule has 2 unspecified atom stereocenters. The molecule has 2 rings (SSSR count). The first-order valence-electron chi connectivity index (χ1n) is 5.69. The Morgan fingerprint density at radius 1 is 1.40 bits per heavy atom. The predicted octanol–water partition coefficient (Wildman–Crippen LogP) is 4.11. The molecule has 1 saturated heterocycles. The molecule has 20 heavy (non-hydrogen) atoms. The molecule has 0 bridgehead atoms. The lowest BCUT2D eigenvalue weighted by molar-refractivity contribution is -0.117. The number of benzene rings is 1. The van der Waals surface area contributed by atoms with Gasteiger partial charge in [0.1, 0.15) is 5.38 Å². The van der Waals surface area contributed by atoms with Crippen molar-refractivity contribution in [1.82, 2.24) is 0 Å². The van der Waals surface area contributed by atoms with Gasteiger partial charge in [-0.2, -0.15) is 13.2 Å². The monoisotopic (exact) mass is 343 g/mol. The van der Waals surface area contributed by atoms with Gasteiger partial charge in [0.2, 0.25) is 5.91 Å². The molecule has 1 aromatic carbocycles. The van der Waals surface area contributed by atoms with Crippen LogP contribution < -0.4 is 4.90 Å². The molecule has 1 aromatic rings. The second-order valence-corrected chi connectivity index (χ2v) is 6.23. The van der Waals surface area contributed by atoms with Crippen molar-refractivity contribution in [2.45, 2.75) is 15.8 Å². The maximum atomic E-state index is 12.3. The first-order valence-corrected chi connectivity index (χ1v) is 7.48. The van der Waals surface area contributed by atoms with Crippen molar-refractivity contribution in [3.8, 4) is 0 Å². The number of rotatable bonds is 3. The van der Waals surface area contributed by atoms with E-state index in [4.69, 9.17) is 23.2 Å². The summed E-state index contributed by atoms with van der Waals surface area (Å²) in [5.41, 5.74) is -3.95. The van der Waals surface area contributed by atoms with Crippen LogP contribution in [0.15, 0.2) is 29.2 Å². The summed E-state index contributed by atoms with van der Waals surface area (Å²) in [6.45, 7) is 0.316. The summed E-state index contributed by atoms with van der Waals surface area (Å²) < 4.78 is 37.0. The first-order chi connectivity index (χ1) is 9.31. The number of halogens is 5. The van der Waals surface area contributed by atoms with Crippen LogP contribution in [0.3, 0.4) is 0 Å². The van der Waals surface area contributed by atoms with Crippen LogP contribution in [0.1, 0.15) is 0 Å². The third-order valence-corrected chi connectivity index (χ3v) is 4.55. The number of thioether (sulfide) groups is 1. The Morgan fingerprint density at radius 3 is 2.65 bits per heavy atom. The van der Waals surface area contributed by atoms with Crippen LogP contribution in [0.25, 0.3) is 0 Å². The molecule has 1 aliphatic heterocycles. The average Bonchev–Trinajstić information content (AvgIpc) is 2.64. The van der Waals surface area contributed by atoms with Crippen molar-refractivity contribution in [1.29, 1.82) is 0 Å². The van der Waals surface area contributed by atoms with Crippen LogP contribution in [-0.2, 0) is 4.79 Å². The van der Waals surface area contributed by atoms with Gasteiger partial charge in [-0.25, -0.2) is 0 Å². The SMILES string of the molecule is O=C1C(Cl)C(CCl)CN1c1cccc(SC(F)(F)F)c1. The minimum atomic E-state index is -4.36. The van der Waals surface area contributed by atoms with E-state index in [1.165, 1.54) is 23.1 Å². The van der Waals surface area contributed by atoms with Gasteiger partial charge in [-0.05, 0) is 30.0 Å². The topological polar surface area (TPSA) is 20.3 Å². The Kier molecular flexibility index (Phi) is 4.76. The molecule has 1 heterocycles. The minimum Gasteiger partial charge on any atom is -0.311 e. The van der Waals surface area contributed by atoms with Gasteiger partial charge in [-0.15, -0.1) is 23.2 Å². The first kappa shape index (κ1) is 15.8. The number of anilines is 1. The lowest BCUT2D eigenvalue weighted by Gasteiger charge is -2.17. The molecular formula is C12H10Cl2F3NOS. The standard InChI is InChI=1S/C12H10Cl2F3NOS/c13-5-7-6-18(11(19)10(7)14)8-2-1-3-9(4-8)20-12(15,16)17/h1-4,7,10H,5-6H2. The zero-order chi connectivity index (χ0) is 14.9.